The molecule has 102 valence electrons. The van der Waals surface area contributed by atoms with E-state index in [4.69, 9.17) is 10.5 Å². The van der Waals surface area contributed by atoms with Crippen LogP contribution in [0, 0.1) is 5.41 Å². The Morgan fingerprint density at radius 1 is 1.28 bits per heavy atom. The molecule has 3 nitrogen and oxygen atoms in total. The van der Waals surface area contributed by atoms with Gasteiger partial charge in [0.15, 0.2) is 0 Å². The van der Waals surface area contributed by atoms with Crippen LogP contribution in [0.15, 0.2) is 24.3 Å². The zero-order valence-electron chi connectivity index (χ0n) is 11.8. The molecule has 0 radical (unpaired) electrons. The molecule has 0 bridgehead atoms. The van der Waals surface area contributed by atoms with Crippen molar-refractivity contribution in [2.24, 2.45) is 11.1 Å². The summed E-state index contributed by atoms with van der Waals surface area (Å²) in [5, 5.41) is 9.32. The Labute approximate surface area is 110 Å². The van der Waals surface area contributed by atoms with E-state index in [1.54, 1.807) is 0 Å². The van der Waals surface area contributed by atoms with E-state index in [0.29, 0.717) is 0 Å². The molecule has 0 aliphatic heterocycles. The number of nitrogens with two attached hydrogens (primary N) is 1. The summed E-state index contributed by atoms with van der Waals surface area (Å²) in [6.45, 7) is 8.40. The van der Waals surface area contributed by atoms with Crippen LogP contribution in [0.5, 0.6) is 5.75 Å². The van der Waals surface area contributed by atoms with Crippen molar-refractivity contribution in [1.82, 2.24) is 0 Å². The van der Waals surface area contributed by atoms with Crippen molar-refractivity contribution in [3.05, 3.63) is 29.8 Å². The van der Waals surface area contributed by atoms with Gasteiger partial charge < -0.3 is 15.6 Å². The van der Waals surface area contributed by atoms with Gasteiger partial charge in [0.2, 0.25) is 0 Å². The summed E-state index contributed by atoms with van der Waals surface area (Å²) in [6.07, 6.45) is 0.790. The molecule has 0 aliphatic rings. The molecule has 2 unspecified atom stereocenters. The SMILES string of the molecule is CCC(N)C(Oc1ccccc1CO)C(C)(C)C. The minimum atomic E-state index is -0.0739. The average Bonchev–Trinajstić information content (AvgIpc) is 2.34. The molecule has 0 heterocycles. The van der Waals surface area contributed by atoms with Crippen LogP contribution in [0.1, 0.15) is 39.7 Å². The molecule has 0 spiro atoms. The van der Waals surface area contributed by atoms with Crippen LogP contribution in [0.25, 0.3) is 0 Å². The van der Waals surface area contributed by atoms with E-state index in [1.165, 1.54) is 0 Å². The van der Waals surface area contributed by atoms with Gasteiger partial charge in [-0.25, -0.2) is 0 Å². The largest absolute Gasteiger partial charge is 0.488 e. The van der Waals surface area contributed by atoms with Gasteiger partial charge in [-0.15, -0.1) is 0 Å². The highest BCUT2D eigenvalue weighted by atomic mass is 16.5. The van der Waals surface area contributed by atoms with Crippen molar-refractivity contribution in [2.45, 2.75) is 52.9 Å². The normalized spacial score (nSPS) is 15.2. The van der Waals surface area contributed by atoms with Gasteiger partial charge in [-0.2, -0.15) is 0 Å². The Morgan fingerprint density at radius 2 is 1.89 bits per heavy atom. The van der Waals surface area contributed by atoms with Gasteiger partial charge in [-0.3, -0.25) is 0 Å². The minimum absolute atomic E-state index is 0.0169. The van der Waals surface area contributed by atoms with Crippen molar-refractivity contribution in [2.75, 3.05) is 0 Å². The summed E-state index contributed by atoms with van der Waals surface area (Å²) >= 11 is 0. The predicted octanol–water partition coefficient (Wildman–Crippen LogP) is 2.71. The lowest BCUT2D eigenvalue weighted by atomic mass is 9.84. The van der Waals surface area contributed by atoms with Gasteiger partial charge in [0, 0.05) is 17.0 Å². The molecule has 0 fully saturated rings. The van der Waals surface area contributed by atoms with Crippen molar-refractivity contribution in [3.8, 4) is 5.75 Å². The maximum atomic E-state index is 9.32. The summed E-state index contributed by atoms with van der Waals surface area (Å²) < 4.78 is 6.07. The number of ether oxygens (including phenoxy) is 1. The molecular formula is C15H25NO2. The summed E-state index contributed by atoms with van der Waals surface area (Å²) in [5.74, 6) is 0.726. The smallest absolute Gasteiger partial charge is 0.125 e. The molecule has 0 amide bonds. The first-order valence-electron chi connectivity index (χ1n) is 6.51. The monoisotopic (exact) mass is 251 g/mol. The van der Waals surface area contributed by atoms with Gasteiger partial charge in [0.05, 0.1) is 6.61 Å². The summed E-state index contributed by atoms with van der Waals surface area (Å²) in [5.41, 5.74) is 6.91. The highest BCUT2D eigenvalue weighted by Gasteiger charge is 2.31. The second-order valence-electron chi connectivity index (χ2n) is 5.74. The fraction of sp³-hybridized carbons (Fsp3) is 0.600. The molecule has 2 atom stereocenters. The number of para-hydroxylation sites is 1. The topological polar surface area (TPSA) is 55.5 Å². The molecule has 18 heavy (non-hydrogen) atoms. The van der Waals surface area contributed by atoms with Gasteiger partial charge in [-0.1, -0.05) is 45.9 Å². The van der Waals surface area contributed by atoms with Crippen molar-refractivity contribution in [3.63, 3.8) is 0 Å². The highest BCUT2D eigenvalue weighted by Crippen LogP contribution is 2.29. The predicted molar refractivity (Wildman–Crippen MR) is 74.5 cm³/mol. The van der Waals surface area contributed by atoms with Gasteiger partial charge in [-0.05, 0) is 12.5 Å². The lowest BCUT2D eigenvalue weighted by Crippen LogP contribution is -2.47. The van der Waals surface area contributed by atoms with Gasteiger partial charge in [0.1, 0.15) is 11.9 Å². The second-order valence-corrected chi connectivity index (χ2v) is 5.74. The van der Waals surface area contributed by atoms with Crippen molar-refractivity contribution < 1.29 is 9.84 Å². The minimum Gasteiger partial charge on any atom is -0.488 e. The maximum Gasteiger partial charge on any atom is 0.125 e. The number of hydrogen-bond acceptors (Lipinski definition) is 3. The molecule has 0 saturated carbocycles. The van der Waals surface area contributed by atoms with Gasteiger partial charge >= 0.3 is 0 Å². The third-order valence-electron chi connectivity index (χ3n) is 3.11. The van der Waals surface area contributed by atoms with E-state index in [-0.39, 0.29) is 24.2 Å². The van der Waals surface area contributed by atoms with Crippen molar-refractivity contribution in [1.29, 1.82) is 0 Å². The number of rotatable bonds is 5. The first-order chi connectivity index (χ1) is 8.40. The summed E-state index contributed by atoms with van der Waals surface area (Å²) in [6, 6.07) is 7.53. The molecule has 0 saturated heterocycles. The Bertz CT molecular complexity index is 371. The molecule has 3 heteroatoms. The third-order valence-corrected chi connectivity index (χ3v) is 3.11. The van der Waals surface area contributed by atoms with E-state index in [2.05, 4.69) is 27.7 Å². The lowest BCUT2D eigenvalue weighted by Gasteiger charge is -2.35. The number of aliphatic hydroxyl groups excluding tert-OH is 1. The zero-order chi connectivity index (χ0) is 13.8. The molecule has 0 aromatic heterocycles. The first-order valence-corrected chi connectivity index (χ1v) is 6.51. The Balaban J connectivity index is 2.96. The number of benzene rings is 1. The van der Waals surface area contributed by atoms with Crippen LogP contribution in [-0.2, 0) is 6.61 Å². The molecule has 1 aromatic rings. The van der Waals surface area contributed by atoms with E-state index < -0.39 is 0 Å². The maximum absolute atomic E-state index is 9.32. The molecule has 0 aliphatic carbocycles. The van der Waals surface area contributed by atoms with E-state index >= 15 is 0 Å². The van der Waals surface area contributed by atoms with Crippen LogP contribution < -0.4 is 10.5 Å². The number of hydrogen-bond donors (Lipinski definition) is 2. The summed E-state index contributed by atoms with van der Waals surface area (Å²) in [7, 11) is 0. The number of aliphatic hydroxyl groups is 1. The van der Waals surface area contributed by atoms with Crippen LogP contribution in [-0.4, -0.2) is 17.3 Å². The quantitative estimate of drug-likeness (QED) is 0.846. The fourth-order valence-corrected chi connectivity index (χ4v) is 2.01. The molecule has 1 aromatic carbocycles. The molecular weight excluding hydrogens is 226 g/mol. The van der Waals surface area contributed by atoms with Gasteiger partial charge in [0.25, 0.3) is 0 Å². The van der Waals surface area contributed by atoms with E-state index in [9.17, 15) is 5.11 Å². The Morgan fingerprint density at radius 3 is 2.39 bits per heavy atom. The first kappa shape index (κ1) is 15.0. The van der Waals surface area contributed by atoms with E-state index in [0.717, 1.165) is 17.7 Å². The standard InChI is InChI=1S/C15H25NO2/c1-5-12(16)14(15(2,3)4)18-13-9-7-6-8-11(13)10-17/h6-9,12,14,17H,5,10,16H2,1-4H3. The van der Waals surface area contributed by atoms with E-state index in [1.807, 2.05) is 24.3 Å². The van der Waals surface area contributed by atoms with Crippen LogP contribution >= 0.6 is 0 Å². The molecule has 1 rings (SSSR count). The van der Waals surface area contributed by atoms with Crippen molar-refractivity contribution >= 4 is 0 Å². The zero-order valence-corrected chi connectivity index (χ0v) is 11.8. The fourth-order valence-electron chi connectivity index (χ4n) is 2.01. The lowest BCUT2D eigenvalue weighted by molar-refractivity contribution is 0.0600. The highest BCUT2D eigenvalue weighted by molar-refractivity contribution is 5.33. The van der Waals surface area contributed by atoms with Crippen LogP contribution in [0.4, 0.5) is 0 Å². The second kappa shape index (κ2) is 6.21. The Hall–Kier alpha value is -1.06. The third kappa shape index (κ3) is 3.72. The average molecular weight is 251 g/mol. The molecule has 3 N–H and O–H groups in total. The summed E-state index contributed by atoms with van der Waals surface area (Å²) in [4.78, 5) is 0. The van der Waals surface area contributed by atoms with Crippen LogP contribution in [0.3, 0.4) is 0 Å². The Kier molecular flexibility index (Phi) is 5.17. The van der Waals surface area contributed by atoms with Crippen LogP contribution in [0.2, 0.25) is 0 Å².